The molecule has 2 aromatic rings. The van der Waals surface area contributed by atoms with E-state index < -0.39 is 29.7 Å². The Morgan fingerprint density at radius 3 is 2.33 bits per heavy atom. The van der Waals surface area contributed by atoms with E-state index in [2.05, 4.69) is 5.32 Å². The summed E-state index contributed by atoms with van der Waals surface area (Å²) < 4.78 is 0. The predicted molar refractivity (Wildman–Crippen MR) is 114 cm³/mol. The first kappa shape index (κ1) is 20.3. The van der Waals surface area contributed by atoms with E-state index in [9.17, 15) is 19.2 Å². The monoisotopic (exact) mass is 425 g/mol. The fraction of sp³-hybridized carbons (Fsp3) is 0.364. The highest BCUT2D eigenvalue weighted by molar-refractivity contribution is 7.17. The molecule has 8 heteroatoms. The standard InChI is InChI=1S/C22H23N3O4S/c1-11(2)10-15(25-21(28)12-6-3-4-7-13(12)22(25)29)19(27)24-20-17(18(23)26)14-8-5-9-16(14)30-20/h3-4,6-7,11,15H,5,8-10H2,1-2H3,(H2,23,26)(H,24,27)/t15-/m0/s1. The van der Waals surface area contributed by atoms with Crippen LogP contribution in [0, 0.1) is 5.92 Å². The number of nitrogens with two attached hydrogens (primary N) is 1. The molecule has 0 saturated heterocycles. The normalized spacial score (nSPS) is 16.0. The van der Waals surface area contributed by atoms with Crippen molar-refractivity contribution in [3.63, 3.8) is 0 Å². The molecule has 0 spiro atoms. The van der Waals surface area contributed by atoms with Crippen molar-refractivity contribution < 1.29 is 19.2 Å². The first-order valence-electron chi connectivity index (χ1n) is 10.0. The number of fused-ring (bicyclic) bond motifs is 2. The topological polar surface area (TPSA) is 110 Å². The number of nitrogens with zero attached hydrogens (tertiary/aromatic N) is 1. The van der Waals surface area contributed by atoms with Gasteiger partial charge in [-0.05, 0) is 49.3 Å². The molecule has 0 radical (unpaired) electrons. The molecule has 4 amide bonds. The molecule has 1 aliphatic heterocycles. The van der Waals surface area contributed by atoms with Crippen molar-refractivity contribution in [2.24, 2.45) is 11.7 Å². The molecule has 0 unspecified atom stereocenters. The molecular formula is C22H23N3O4S. The maximum absolute atomic E-state index is 13.3. The molecule has 0 saturated carbocycles. The zero-order chi connectivity index (χ0) is 21.6. The van der Waals surface area contributed by atoms with E-state index in [-0.39, 0.29) is 5.92 Å². The fourth-order valence-corrected chi connectivity index (χ4v) is 5.51. The van der Waals surface area contributed by atoms with Gasteiger partial charge in [0.1, 0.15) is 11.0 Å². The number of carbonyl (C=O) groups excluding carboxylic acids is 4. The molecule has 0 bridgehead atoms. The highest BCUT2D eigenvalue weighted by atomic mass is 32.1. The van der Waals surface area contributed by atoms with Crippen LogP contribution in [0.1, 0.15) is 68.2 Å². The van der Waals surface area contributed by atoms with Gasteiger partial charge < -0.3 is 11.1 Å². The van der Waals surface area contributed by atoms with Gasteiger partial charge in [0.2, 0.25) is 5.91 Å². The molecule has 1 aromatic carbocycles. The summed E-state index contributed by atoms with van der Waals surface area (Å²) in [5.41, 5.74) is 7.45. The summed E-state index contributed by atoms with van der Waals surface area (Å²) in [6.45, 7) is 3.85. The molecule has 156 valence electrons. The number of carbonyl (C=O) groups is 4. The molecule has 2 heterocycles. The van der Waals surface area contributed by atoms with Gasteiger partial charge in [0, 0.05) is 4.88 Å². The van der Waals surface area contributed by atoms with Gasteiger partial charge in [-0.3, -0.25) is 24.1 Å². The van der Waals surface area contributed by atoms with Crippen LogP contribution in [0.5, 0.6) is 0 Å². The van der Waals surface area contributed by atoms with Gasteiger partial charge in [-0.2, -0.15) is 0 Å². The van der Waals surface area contributed by atoms with Crippen molar-refractivity contribution in [1.82, 2.24) is 4.90 Å². The number of hydrogen-bond donors (Lipinski definition) is 2. The summed E-state index contributed by atoms with van der Waals surface area (Å²) in [5, 5.41) is 3.21. The zero-order valence-corrected chi connectivity index (χ0v) is 17.7. The number of anilines is 1. The van der Waals surface area contributed by atoms with Crippen molar-refractivity contribution in [1.29, 1.82) is 0 Å². The molecule has 2 aliphatic rings. The van der Waals surface area contributed by atoms with E-state index in [1.807, 2.05) is 13.8 Å². The molecule has 30 heavy (non-hydrogen) atoms. The Bertz CT molecular complexity index is 1040. The lowest BCUT2D eigenvalue weighted by Crippen LogP contribution is -2.48. The van der Waals surface area contributed by atoms with E-state index in [4.69, 9.17) is 5.73 Å². The fourth-order valence-electron chi connectivity index (χ4n) is 4.22. The molecule has 0 fully saturated rings. The van der Waals surface area contributed by atoms with Crippen molar-refractivity contribution in [2.45, 2.75) is 45.6 Å². The summed E-state index contributed by atoms with van der Waals surface area (Å²) in [4.78, 5) is 53.3. The minimum absolute atomic E-state index is 0.0639. The minimum atomic E-state index is -0.977. The number of rotatable bonds is 6. The second-order valence-corrected chi connectivity index (χ2v) is 9.19. The lowest BCUT2D eigenvalue weighted by molar-refractivity contribution is -0.120. The number of primary amides is 1. The minimum Gasteiger partial charge on any atom is -0.365 e. The predicted octanol–water partition coefficient (Wildman–Crippen LogP) is 2.99. The van der Waals surface area contributed by atoms with Gasteiger partial charge >= 0.3 is 0 Å². The van der Waals surface area contributed by atoms with Crippen molar-refractivity contribution in [3.8, 4) is 0 Å². The van der Waals surface area contributed by atoms with Crippen LogP contribution in [-0.2, 0) is 17.6 Å². The Hall–Kier alpha value is -3.00. The Morgan fingerprint density at radius 1 is 1.13 bits per heavy atom. The lowest BCUT2D eigenvalue weighted by atomic mass is 10.0. The third-order valence-corrected chi connectivity index (χ3v) is 6.75. The van der Waals surface area contributed by atoms with Crippen LogP contribution in [0.4, 0.5) is 5.00 Å². The largest absolute Gasteiger partial charge is 0.365 e. The zero-order valence-electron chi connectivity index (χ0n) is 16.9. The summed E-state index contributed by atoms with van der Waals surface area (Å²) in [7, 11) is 0. The molecule has 1 aromatic heterocycles. The third-order valence-electron chi connectivity index (χ3n) is 5.54. The summed E-state index contributed by atoms with van der Waals surface area (Å²) in [6.07, 6.45) is 2.88. The second-order valence-electron chi connectivity index (χ2n) is 8.09. The summed E-state index contributed by atoms with van der Waals surface area (Å²) >= 11 is 1.35. The first-order valence-corrected chi connectivity index (χ1v) is 10.8. The molecule has 4 rings (SSSR count). The number of benzene rings is 1. The van der Waals surface area contributed by atoms with E-state index >= 15 is 0 Å². The number of aryl methyl sites for hydroxylation is 1. The van der Waals surface area contributed by atoms with Crippen LogP contribution in [0.2, 0.25) is 0 Å². The molecule has 7 nitrogen and oxygen atoms in total. The van der Waals surface area contributed by atoms with Crippen molar-refractivity contribution in [2.75, 3.05) is 5.32 Å². The van der Waals surface area contributed by atoms with Crippen molar-refractivity contribution in [3.05, 3.63) is 51.4 Å². The van der Waals surface area contributed by atoms with E-state index in [1.165, 1.54) is 11.3 Å². The van der Waals surface area contributed by atoms with E-state index in [0.717, 1.165) is 34.6 Å². The van der Waals surface area contributed by atoms with Crippen LogP contribution < -0.4 is 11.1 Å². The Labute approximate surface area is 178 Å². The van der Waals surface area contributed by atoms with Crippen LogP contribution in [0.3, 0.4) is 0 Å². The average molecular weight is 426 g/mol. The van der Waals surface area contributed by atoms with Crippen LogP contribution >= 0.6 is 11.3 Å². The first-order chi connectivity index (χ1) is 14.3. The Balaban J connectivity index is 1.66. The van der Waals surface area contributed by atoms with Gasteiger partial charge in [-0.25, -0.2) is 0 Å². The highest BCUT2D eigenvalue weighted by Gasteiger charge is 2.43. The Morgan fingerprint density at radius 2 is 1.77 bits per heavy atom. The van der Waals surface area contributed by atoms with Crippen LogP contribution in [0.25, 0.3) is 0 Å². The maximum atomic E-state index is 13.3. The number of thiophene rings is 1. The molecule has 1 aliphatic carbocycles. The van der Waals surface area contributed by atoms with Gasteiger partial charge in [0.25, 0.3) is 17.7 Å². The Kier molecular flexibility index (Phi) is 5.19. The molecule has 3 N–H and O–H groups in total. The average Bonchev–Trinajstić information content (AvgIpc) is 3.33. The number of nitrogens with one attached hydrogen (secondary N) is 1. The van der Waals surface area contributed by atoms with Gasteiger partial charge in [0.05, 0.1) is 16.7 Å². The maximum Gasteiger partial charge on any atom is 0.262 e. The van der Waals surface area contributed by atoms with Crippen LogP contribution in [0.15, 0.2) is 24.3 Å². The highest BCUT2D eigenvalue weighted by Crippen LogP contribution is 2.39. The SMILES string of the molecule is CC(C)C[C@@H](C(=O)Nc1sc2c(c1C(N)=O)CCC2)N1C(=O)c2ccccc2C1=O. The molecular weight excluding hydrogens is 402 g/mol. The van der Waals surface area contributed by atoms with Crippen LogP contribution in [-0.4, -0.2) is 34.6 Å². The number of amides is 4. The van der Waals surface area contributed by atoms with Crippen molar-refractivity contribution >= 4 is 40.0 Å². The van der Waals surface area contributed by atoms with E-state index in [0.29, 0.717) is 28.1 Å². The van der Waals surface area contributed by atoms with E-state index in [1.54, 1.807) is 24.3 Å². The lowest BCUT2D eigenvalue weighted by Gasteiger charge is -2.26. The third kappa shape index (κ3) is 3.31. The number of hydrogen-bond acceptors (Lipinski definition) is 5. The summed E-state index contributed by atoms with van der Waals surface area (Å²) in [6, 6.07) is 5.59. The quantitative estimate of drug-likeness (QED) is 0.693. The smallest absolute Gasteiger partial charge is 0.262 e. The number of imide groups is 1. The van der Waals surface area contributed by atoms with Gasteiger partial charge in [0.15, 0.2) is 0 Å². The molecule has 1 atom stereocenters. The van der Waals surface area contributed by atoms with Gasteiger partial charge in [-0.1, -0.05) is 26.0 Å². The van der Waals surface area contributed by atoms with Gasteiger partial charge in [-0.15, -0.1) is 11.3 Å². The summed E-state index contributed by atoms with van der Waals surface area (Å²) in [5.74, 6) is -1.94. The second kappa shape index (κ2) is 7.68.